The fourth-order valence-corrected chi connectivity index (χ4v) is 1.73. The van der Waals surface area contributed by atoms with E-state index in [0.717, 1.165) is 12.1 Å². The molecule has 0 aromatic carbocycles. The highest BCUT2D eigenvalue weighted by atomic mass is 35.5. The van der Waals surface area contributed by atoms with Crippen molar-refractivity contribution < 1.29 is 9.53 Å². The molecule has 15 heavy (non-hydrogen) atoms. The van der Waals surface area contributed by atoms with Gasteiger partial charge in [0.05, 0.1) is 29.4 Å². The van der Waals surface area contributed by atoms with Crippen LogP contribution in [0.1, 0.15) is 25.0 Å². The van der Waals surface area contributed by atoms with Gasteiger partial charge in [0.25, 0.3) is 0 Å². The highest BCUT2D eigenvalue weighted by Crippen LogP contribution is 2.47. The molecule has 80 valence electrons. The Morgan fingerprint density at radius 2 is 2.53 bits per heavy atom. The number of halogens is 1. The quantitative estimate of drug-likeness (QED) is 0.738. The third-order valence-electron chi connectivity index (χ3n) is 2.40. The number of carbonyl (C=O) groups is 1. The molecule has 0 spiro atoms. The van der Waals surface area contributed by atoms with Gasteiger partial charge in [-0.3, -0.25) is 4.79 Å². The van der Waals surface area contributed by atoms with Gasteiger partial charge in [0.1, 0.15) is 0 Å². The van der Waals surface area contributed by atoms with Crippen LogP contribution in [0.3, 0.4) is 0 Å². The minimum atomic E-state index is -0.149. The van der Waals surface area contributed by atoms with Gasteiger partial charge in [-0.25, -0.2) is 0 Å². The van der Waals surface area contributed by atoms with Crippen LogP contribution >= 0.6 is 11.6 Å². The fourth-order valence-electron chi connectivity index (χ4n) is 1.57. The maximum Gasteiger partial charge on any atom is 0.309 e. The Hall–Kier alpha value is -1.16. The van der Waals surface area contributed by atoms with Crippen molar-refractivity contribution in [1.82, 2.24) is 10.2 Å². The lowest BCUT2D eigenvalue weighted by molar-refractivity contribution is -0.144. The van der Waals surface area contributed by atoms with E-state index in [0.29, 0.717) is 11.6 Å². The zero-order valence-electron chi connectivity index (χ0n) is 8.31. The molecule has 0 saturated heterocycles. The van der Waals surface area contributed by atoms with Crippen LogP contribution in [0.4, 0.5) is 0 Å². The normalized spacial score (nSPS) is 23.6. The minimum absolute atomic E-state index is 0.0577. The summed E-state index contributed by atoms with van der Waals surface area (Å²) in [5.41, 5.74) is 0.778. The third-order valence-corrected chi connectivity index (χ3v) is 2.61. The third kappa shape index (κ3) is 2.26. The van der Waals surface area contributed by atoms with Gasteiger partial charge >= 0.3 is 5.97 Å². The molecule has 0 amide bonds. The number of hydrogen-bond acceptors (Lipinski definition) is 4. The zero-order chi connectivity index (χ0) is 10.8. The van der Waals surface area contributed by atoms with Gasteiger partial charge in [0.15, 0.2) is 0 Å². The molecule has 0 N–H and O–H groups in total. The maximum absolute atomic E-state index is 11.4. The highest BCUT2D eigenvalue weighted by molar-refractivity contribution is 6.30. The van der Waals surface area contributed by atoms with Gasteiger partial charge in [-0.05, 0) is 19.4 Å². The Morgan fingerprint density at radius 1 is 1.73 bits per heavy atom. The van der Waals surface area contributed by atoms with Crippen molar-refractivity contribution in [3.05, 3.63) is 23.0 Å². The van der Waals surface area contributed by atoms with Crippen molar-refractivity contribution in [2.24, 2.45) is 5.92 Å². The molecule has 1 aromatic rings. The van der Waals surface area contributed by atoms with E-state index < -0.39 is 0 Å². The van der Waals surface area contributed by atoms with Crippen molar-refractivity contribution in [2.45, 2.75) is 19.3 Å². The lowest BCUT2D eigenvalue weighted by atomic mass is 10.2. The monoisotopic (exact) mass is 226 g/mol. The van der Waals surface area contributed by atoms with Crippen LogP contribution in [0.5, 0.6) is 0 Å². The molecule has 2 rings (SSSR count). The molecule has 0 bridgehead atoms. The van der Waals surface area contributed by atoms with Crippen molar-refractivity contribution >= 4 is 17.6 Å². The average Bonchev–Trinajstić information content (AvgIpc) is 2.97. The second-order valence-electron chi connectivity index (χ2n) is 3.50. The van der Waals surface area contributed by atoms with Gasteiger partial charge in [0.2, 0.25) is 0 Å². The summed E-state index contributed by atoms with van der Waals surface area (Å²) in [7, 11) is 0. The van der Waals surface area contributed by atoms with E-state index >= 15 is 0 Å². The molecule has 0 radical (unpaired) electrons. The van der Waals surface area contributed by atoms with Crippen molar-refractivity contribution in [1.29, 1.82) is 0 Å². The zero-order valence-corrected chi connectivity index (χ0v) is 9.07. The smallest absolute Gasteiger partial charge is 0.309 e. The topological polar surface area (TPSA) is 52.1 Å². The van der Waals surface area contributed by atoms with Crippen molar-refractivity contribution in [3.63, 3.8) is 0 Å². The molecular weight excluding hydrogens is 216 g/mol. The van der Waals surface area contributed by atoms with Crippen molar-refractivity contribution in [3.8, 4) is 0 Å². The van der Waals surface area contributed by atoms with E-state index in [2.05, 4.69) is 10.2 Å². The lowest BCUT2D eigenvalue weighted by Gasteiger charge is -2.00. The Kier molecular flexibility index (Phi) is 2.86. The number of carbonyl (C=O) groups excluding carboxylic acids is 1. The van der Waals surface area contributed by atoms with E-state index in [-0.39, 0.29) is 17.8 Å². The Morgan fingerprint density at radius 3 is 3.20 bits per heavy atom. The van der Waals surface area contributed by atoms with Crippen LogP contribution < -0.4 is 0 Å². The summed E-state index contributed by atoms with van der Waals surface area (Å²) in [6.45, 7) is 2.22. The van der Waals surface area contributed by atoms with Crippen LogP contribution in [0.2, 0.25) is 5.02 Å². The summed E-state index contributed by atoms with van der Waals surface area (Å²) in [5, 5.41) is 8.25. The van der Waals surface area contributed by atoms with Gasteiger partial charge in [-0.15, -0.1) is 0 Å². The number of ether oxygens (including phenoxy) is 1. The maximum atomic E-state index is 11.4. The summed E-state index contributed by atoms with van der Waals surface area (Å²) in [6.07, 6.45) is 2.26. The number of nitrogens with zero attached hydrogens (tertiary/aromatic N) is 2. The molecule has 2 atom stereocenters. The van der Waals surface area contributed by atoms with Crippen LogP contribution in [0, 0.1) is 5.92 Å². The van der Waals surface area contributed by atoms with E-state index in [1.54, 1.807) is 13.0 Å². The average molecular weight is 227 g/mol. The first-order valence-electron chi connectivity index (χ1n) is 4.87. The predicted octanol–water partition coefficient (Wildman–Crippen LogP) is 1.80. The lowest BCUT2D eigenvalue weighted by Crippen LogP contribution is -2.07. The van der Waals surface area contributed by atoms with Gasteiger partial charge in [-0.2, -0.15) is 10.2 Å². The molecule has 0 unspecified atom stereocenters. The first-order valence-corrected chi connectivity index (χ1v) is 5.25. The summed E-state index contributed by atoms with van der Waals surface area (Å²) in [6, 6.07) is 1.75. The molecular formula is C10H11ClN2O2. The highest BCUT2D eigenvalue weighted by Gasteiger charge is 2.46. The first-order chi connectivity index (χ1) is 7.22. The van der Waals surface area contributed by atoms with Gasteiger partial charge < -0.3 is 4.74 Å². The Labute approximate surface area is 92.6 Å². The second-order valence-corrected chi connectivity index (χ2v) is 3.94. The largest absolute Gasteiger partial charge is 0.466 e. The summed E-state index contributed by atoms with van der Waals surface area (Å²) in [4.78, 5) is 11.4. The van der Waals surface area contributed by atoms with Crippen LogP contribution in [0.15, 0.2) is 12.3 Å². The van der Waals surface area contributed by atoms with Crippen LogP contribution in [0.25, 0.3) is 0 Å². The molecule has 5 heteroatoms. The molecule has 1 fully saturated rings. The SMILES string of the molecule is CCOC(=O)[C@H]1C[C@@H]1c1cc(Cl)cnn1. The van der Waals surface area contributed by atoms with Crippen LogP contribution in [-0.2, 0) is 9.53 Å². The Bertz CT molecular complexity index is 383. The number of hydrogen-bond donors (Lipinski definition) is 0. The van der Waals surface area contributed by atoms with E-state index in [1.807, 2.05) is 0 Å². The first kappa shape index (κ1) is 10.4. The molecule has 1 saturated carbocycles. The van der Waals surface area contributed by atoms with Gasteiger partial charge in [0, 0.05) is 5.92 Å². The standard InChI is InChI=1S/C10H11ClN2O2/c1-2-15-10(14)8-4-7(8)9-3-6(11)5-12-13-9/h3,5,7-8H,2,4H2,1H3/t7-,8-/m0/s1. The summed E-state index contributed by atoms with van der Waals surface area (Å²) in [5.74, 6) is -0.0720. The molecule has 1 aliphatic rings. The predicted molar refractivity (Wildman–Crippen MR) is 54.5 cm³/mol. The molecule has 1 aromatic heterocycles. The van der Waals surface area contributed by atoms with E-state index in [4.69, 9.17) is 16.3 Å². The fraction of sp³-hybridized carbons (Fsp3) is 0.500. The van der Waals surface area contributed by atoms with Crippen LogP contribution in [-0.4, -0.2) is 22.8 Å². The summed E-state index contributed by atoms with van der Waals surface area (Å²) < 4.78 is 4.93. The number of esters is 1. The minimum Gasteiger partial charge on any atom is -0.466 e. The Balaban J connectivity index is 2.01. The summed E-state index contributed by atoms with van der Waals surface area (Å²) >= 11 is 5.79. The van der Waals surface area contributed by atoms with E-state index in [9.17, 15) is 4.79 Å². The second kappa shape index (κ2) is 4.14. The number of rotatable bonds is 3. The van der Waals surface area contributed by atoms with Crippen molar-refractivity contribution in [2.75, 3.05) is 6.61 Å². The molecule has 1 aliphatic carbocycles. The molecule has 4 nitrogen and oxygen atoms in total. The molecule has 1 heterocycles. The van der Waals surface area contributed by atoms with E-state index in [1.165, 1.54) is 6.20 Å². The number of aromatic nitrogens is 2. The van der Waals surface area contributed by atoms with Gasteiger partial charge in [-0.1, -0.05) is 11.6 Å². The molecule has 0 aliphatic heterocycles.